The topological polar surface area (TPSA) is 20.3 Å². The molecule has 0 N–H and O–H groups in total. The molecular formula is C14H16INO. The van der Waals surface area contributed by atoms with Crippen LogP contribution in [0.15, 0.2) is 43.5 Å². The van der Waals surface area contributed by atoms with Gasteiger partial charge in [-0.2, -0.15) is 0 Å². The molecule has 1 aromatic rings. The van der Waals surface area contributed by atoms with Gasteiger partial charge in [-0.3, -0.25) is 4.79 Å². The van der Waals surface area contributed by atoms with E-state index in [0.29, 0.717) is 18.7 Å². The van der Waals surface area contributed by atoms with Gasteiger partial charge in [0, 0.05) is 22.2 Å². The van der Waals surface area contributed by atoms with Crippen molar-refractivity contribution >= 4 is 28.5 Å². The summed E-state index contributed by atoms with van der Waals surface area (Å²) in [7, 11) is 0. The molecule has 1 rings (SSSR count). The van der Waals surface area contributed by atoms with Crippen LogP contribution in [0.1, 0.15) is 15.9 Å². The largest absolute Gasteiger partial charge is 0.331 e. The molecule has 17 heavy (non-hydrogen) atoms. The van der Waals surface area contributed by atoms with Gasteiger partial charge in [0.15, 0.2) is 0 Å². The van der Waals surface area contributed by atoms with E-state index in [1.807, 2.05) is 25.1 Å². The Kier molecular flexibility index (Phi) is 5.41. The number of benzene rings is 1. The number of rotatable bonds is 5. The molecule has 0 bridgehead atoms. The fourth-order valence-corrected chi connectivity index (χ4v) is 1.98. The third kappa shape index (κ3) is 3.70. The lowest BCUT2D eigenvalue weighted by Crippen LogP contribution is -2.31. The average Bonchev–Trinajstić information content (AvgIpc) is 2.31. The first-order valence-corrected chi connectivity index (χ1v) is 6.45. The number of hydrogen-bond acceptors (Lipinski definition) is 1. The zero-order valence-electron chi connectivity index (χ0n) is 9.95. The molecule has 0 radical (unpaired) electrons. The van der Waals surface area contributed by atoms with E-state index in [-0.39, 0.29) is 5.91 Å². The van der Waals surface area contributed by atoms with Gasteiger partial charge >= 0.3 is 0 Å². The normalized spacial score (nSPS) is 9.76. The predicted octanol–water partition coefficient (Wildman–Crippen LogP) is 3.41. The number of carbonyl (C=O) groups is 1. The summed E-state index contributed by atoms with van der Waals surface area (Å²) in [6.07, 6.45) is 3.45. The van der Waals surface area contributed by atoms with Crippen LogP contribution in [0.3, 0.4) is 0 Å². The highest BCUT2D eigenvalue weighted by Gasteiger charge is 2.13. The lowest BCUT2D eigenvalue weighted by molar-refractivity contribution is 0.0791. The number of halogens is 1. The van der Waals surface area contributed by atoms with Crippen molar-refractivity contribution in [1.29, 1.82) is 0 Å². The molecule has 0 atom stereocenters. The first kappa shape index (κ1) is 14.0. The van der Waals surface area contributed by atoms with Crippen molar-refractivity contribution in [2.45, 2.75) is 6.92 Å². The SMILES string of the molecule is C=CCN(CC=C)C(=O)c1ccc(C)c(I)c1. The van der Waals surface area contributed by atoms with Crippen molar-refractivity contribution in [3.05, 3.63) is 58.2 Å². The Labute approximate surface area is 116 Å². The minimum absolute atomic E-state index is 0.0164. The van der Waals surface area contributed by atoms with Crippen LogP contribution in [0.2, 0.25) is 0 Å². The number of aryl methyl sites for hydroxylation is 1. The zero-order valence-corrected chi connectivity index (χ0v) is 12.1. The molecule has 0 aliphatic heterocycles. The minimum Gasteiger partial charge on any atom is -0.331 e. The van der Waals surface area contributed by atoms with Crippen molar-refractivity contribution in [3.63, 3.8) is 0 Å². The van der Waals surface area contributed by atoms with Crippen molar-refractivity contribution in [1.82, 2.24) is 4.90 Å². The first-order valence-electron chi connectivity index (χ1n) is 5.37. The molecule has 0 fully saturated rings. The summed E-state index contributed by atoms with van der Waals surface area (Å²) in [5.41, 5.74) is 1.89. The second-order valence-electron chi connectivity index (χ2n) is 3.75. The highest BCUT2D eigenvalue weighted by Crippen LogP contribution is 2.15. The van der Waals surface area contributed by atoms with E-state index in [1.165, 1.54) is 5.56 Å². The number of nitrogens with zero attached hydrogens (tertiary/aromatic N) is 1. The highest BCUT2D eigenvalue weighted by atomic mass is 127. The molecule has 3 heteroatoms. The molecule has 0 saturated heterocycles. The second kappa shape index (κ2) is 6.59. The molecule has 2 nitrogen and oxygen atoms in total. The van der Waals surface area contributed by atoms with Gasteiger partial charge in [-0.1, -0.05) is 18.2 Å². The molecule has 90 valence electrons. The summed E-state index contributed by atoms with van der Waals surface area (Å²) in [6.45, 7) is 10.4. The van der Waals surface area contributed by atoms with E-state index < -0.39 is 0 Å². The second-order valence-corrected chi connectivity index (χ2v) is 4.91. The van der Waals surface area contributed by atoms with Gasteiger partial charge in [0.2, 0.25) is 0 Å². The zero-order chi connectivity index (χ0) is 12.8. The minimum atomic E-state index is 0.0164. The Balaban J connectivity index is 2.95. The lowest BCUT2D eigenvalue weighted by Gasteiger charge is -2.19. The third-order valence-corrected chi connectivity index (χ3v) is 3.57. The average molecular weight is 341 g/mol. The van der Waals surface area contributed by atoms with Gasteiger partial charge in [-0.25, -0.2) is 0 Å². The van der Waals surface area contributed by atoms with Gasteiger partial charge in [0.1, 0.15) is 0 Å². The van der Waals surface area contributed by atoms with Crippen LogP contribution in [0, 0.1) is 10.5 Å². The van der Waals surface area contributed by atoms with E-state index in [4.69, 9.17) is 0 Å². The molecule has 0 aliphatic rings. The monoisotopic (exact) mass is 341 g/mol. The van der Waals surface area contributed by atoms with Gasteiger partial charge in [0.05, 0.1) is 0 Å². The fourth-order valence-electron chi connectivity index (χ4n) is 1.46. The summed E-state index contributed by atoms with van der Waals surface area (Å²) in [5, 5.41) is 0. The predicted molar refractivity (Wildman–Crippen MR) is 80.2 cm³/mol. The van der Waals surface area contributed by atoms with Crippen LogP contribution in [0.25, 0.3) is 0 Å². The molecule has 1 amide bonds. The summed E-state index contributed by atoms with van der Waals surface area (Å²) < 4.78 is 1.10. The third-order valence-electron chi connectivity index (χ3n) is 2.40. The maximum Gasteiger partial charge on any atom is 0.254 e. The maximum atomic E-state index is 12.2. The van der Waals surface area contributed by atoms with Gasteiger partial charge < -0.3 is 4.90 Å². The Morgan fingerprint density at radius 1 is 1.35 bits per heavy atom. The van der Waals surface area contributed by atoms with E-state index in [2.05, 4.69) is 35.7 Å². The van der Waals surface area contributed by atoms with Crippen molar-refractivity contribution in [2.75, 3.05) is 13.1 Å². The van der Waals surface area contributed by atoms with Crippen molar-refractivity contribution in [2.24, 2.45) is 0 Å². The van der Waals surface area contributed by atoms with Crippen LogP contribution >= 0.6 is 22.6 Å². The Bertz CT molecular complexity index is 430. The van der Waals surface area contributed by atoms with E-state index in [1.54, 1.807) is 17.1 Å². The van der Waals surface area contributed by atoms with Crippen LogP contribution in [-0.4, -0.2) is 23.9 Å². The smallest absolute Gasteiger partial charge is 0.254 e. The standard InChI is InChI=1S/C14H16INO/c1-4-8-16(9-5-2)14(17)12-7-6-11(3)13(15)10-12/h4-7,10H,1-2,8-9H2,3H3. The van der Waals surface area contributed by atoms with Crippen LogP contribution < -0.4 is 0 Å². The molecular weight excluding hydrogens is 325 g/mol. The molecule has 0 aromatic heterocycles. The van der Waals surface area contributed by atoms with Gasteiger partial charge in [0.25, 0.3) is 5.91 Å². The quantitative estimate of drug-likeness (QED) is 0.594. The molecule has 0 aliphatic carbocycles. The fraction of sp³-hybridized carbons (Fsp3) is 0.214. The summed E-state index contributed by atoms with van der Waals surface area (Å²) in [6, 6.07) is 5.74. The van der Waals surface area contributed by atoms with Crippen LogP contribution in [0.4, 0.5) is 0 Å². The Morgan fingerprint density at radius 2 is 1.94 bits per heavy atom. The van der Waals surface area contributed by atoms with E-state index >= 15 is 0 Å². The van der Waals surface area contributed by atoms with Crippen molar-refractivity contribution in [3.8, 4) is 0 Å². The molecule has 0 spiro atoms. The maximum absolute atomic E-state index is 12.2. The summed E-state index contributed by atoms with van der Waals surface area (Å²) in [5.74, 6) is 0.0164. The number of amides is 1. The van der Waals surface area contributed by atoms with E-state index in [0.717, 1.165) is 3.57 Å². The van der Waals surface area contributed by atoms with Crippen LogP contribution in [-0.2, 0) is 0 Å². The number of carbonyl (C=O) groups excluding carboxylic acids is 1. The van der Waals surface area contributed by atoms with Gasteiger partial charge in [-0.05, 0) is 47.2 Å². The molecule has 0 heterocycles. The van der Waals surface area contributed by atoms with Crippen molar-refractivity contribution < 1.29 is 4.79 Å². The molecule has 0 saturated carbocycles. The Hall–Kier alpha value is -1.10. The summed E-state index contributed by atoms with van der Waals surface area (Å²) >= 11 is 2.24. The molecule has 1 aromatic carbocycles. The summed E-state index contributed by atoms with van der Waals surface area (Å²) in [4.78, 5) is 13.9. The van der Waals surface area contributed by atoms with E-state index in [9.17, 15) is 4.79 Å². The highest BCUT2D eigenvalue weighted by molar-refractivity contribution is 14.1. The van der Waals surface area contributed by atoms with Crippen LogP contribution in [0.5, 0.6) is 0 Å². The molecule has 0 unspecified atom stereocenters. The lowest BCUT2D eigenvalue weighted by atomic mass is 10.1. The Morgan fingerprint density at radius 3 is 2.41 bits per heavy atom. The number of hydrogen-bond donors (Lipinski definition) is 0. The van der Waals surface area contributed by atoms with Gasteiger partial charge in [-0.15, -0.1) is 13.2 Å². The first-order chi connectivity index (χ1) is 8.10.